The smallest absolute Gasteiger partial charge is 0.358 e. The summed E-state index contributed by atoms with van der Waals surface area (Å²) in [5.74, 6) is 0.207. The van der Waals surface area contributed by atoms with Crippen LogP contribution in [-0.4, -0.2) is 34.3 Å². The van der Waals surface area contributed by atoms with Crippen LogP contribution in [0.5, 0.6) is 0 Å². The zero-order chi connectivity index (χ0) is 20.0. The predicted octanol–water partition coefficient (Wildman–Crippen LogP) is 3.75. The van der Waals surface area contributed by atoms with Crippen molar-refractivity contribution in [3.05, 3.63) is 81.8 Å². The molecule has 10 heteroatoms. The van der Waals surface area contributed by atoms with Crippen LogP contribution in [0.2, 0.25) is 5.02 Å². The summed E-state index contributed by atoms with van der Waals surface area (Å²) in [6, 6.07) is 15.4. The van der Waals surface area contributed by atoms with Gasteiger partial charge in [-0.2, -0.15) is 4.68 Å². The van der Waals surface area contributed by atoms with Crippen molar-refractivity contribution in [2.75, 3.05) is 0 Å². The normalized spacial score (nSPS) is 11.3. The molecular formula is C19H12ClN7O2. The lowest BCUT2D eigenvalue weighted by molar-refractivity contribution is -0.389. The highest BCUT2D eigenvalue weighted by molar-refractivity contribution is 6.32. The molecule has 3 aromatic heterocycles. The molecule has 0 aliphatic carbocycles. The van der Waals surface area contributed by atoms with E-state index >= 15 is 0 Å². The molecule has 5 aromatic rings. The fourth-order valence-electron chi connectivity index (χ4n) is 3.19. The number of aromatic nitrogens is 6. The van der Waals surface area contributed by atoms with Gasteiger partial charge in [0.1, 0.15) is 6.33 Å². The van der Waals surface area contributed by atoms with Crippen molar-refractivity contribution < 1.29 is 4.92 Å². The Bertz CT molecular complexity index is 1390. The van der Waals surface area contributed by atoms with E-state index in [9.17, 15) is 10.1 Å². The summed E-state index contributed by atoms with van der Waals surface area (Å²) in [4.78, 5) is 19.4. The standard InChI is InChI=1S/C19H12ClN7O2/c20-15-10-25(24-19(15)27(28)29)9-12-4-3-5-13(8-12)17-22-18-14-6-1-2-7-16(14)21-11-26(18)23-17/h1-8,10-11H,9H2. The first-order valence-electron chi connectivity index (χ1n) is 8.65. The van der Waals surface area contributed by atoms with E-state index in [4.69, 9.17) is 11.6 Å². The summed E-state index contributed by atoms with van der Waals surface area (Å²) in [6.45, 7) is 0.333. The minimum absolute atomic E-state index is 0.00699. The van der Waals surface area contributed by atoms with Gasteiger partial charge in [0.05, 0.1) is 23.4 Å². The van der Waals surface area contributed by atoms with Crippen molar-refractivity contribution in [1.82, 2.24) is 29.4 Å². The van der Waals surface area contributed by atoms with Crippen LogP contribution in [0.3, 0.4) is 0 Å². The Kier molecular flexibility index (Phi) is 3.95. The summed E-state index contributed by atoms with van der Waals surface area (Å²) < 4.78 is 3.09. The molecule has 0 saturated heterocycles. The second-order valence-corrected chi connectivity index (χ2v) is 6.83. The van der Waals surface area contributed by atoms with E-state index in [-0.39, 0.29) is 10.8 Å². The maximum absolute atomic E-state index is 10.9. The Morgan fingerprint density at radius 1 is 1.10 bits per heavy atom. The lowest BCUT2D eigenvalue weighted by Crippen LogP contribution is -2.01. The third-order valence-electron chi connectivity index (χ3n) is 4.48. The summed E-state index contributed by atoms with van der Waals surface area (Å²) in [7, 11) is 0. The molecule has 2 aromatic carbocycles. The SMILES string of the molecule is O=[N+]([O-])c1nn(Cc2cccc(-c3nc4c5ccccc5ncn4n3)c2)cc1Cl. The Balaban J connectivity index is 1.52. The highest BCUT2D eigenvalue weighted by Crippen LogP contribution is 2.24. The second-order valence-electron chi connectivity index (χ2n) is 6.42. The van der Waals surface area contributed by atoms with Crippen LogP contribution >= 0.6 is 11.6 Å². The number of nitro groups is 1. The van der Waals surface area contributed by atoms with Crippen molar-refractivity contribution in [2.24, 2.45) is 0 Å². The van der Waals surface area contributed by atoms with Crippen LogP contribution in [0.25, 0.3) is 27.9 Å². The number of hydrogen-bond donors (Lipinski definition) is 0. The van der Waals surface area contributed by atoms with Gasteiger partial charge in [-0.1, -0.05) is 41.9 Å². The molecule has 0 aliphatic heterocycles. The number of para-hydroxylation sites is 1. The monoisotopic (exact) mass is 405 g/mol. The van der Waals surface area contributed by atoms with Crippen molar-refractivity contribution in [1.29, 1.82) is 0 Å². The van der Waals surface area contributed by atoms with Crippen molar-refractivity contribution in [2.45, 2.75) is 6.54 Å². The first-order valence-corrected chi connectivity index (χ1v) is 9.03. The van der Waals surface area contributed by atoms with Crippen LogP contribution in [0.15, 0.2) is 61.1 Å². The van der Waals surface area contributed by atoms with Crippen LogP contribution in [-0.2, 0) is 6.54 Å². The van der Waals surface area contributed by atoms with Crippen LogP contribution in [0.1, 0.15) is 5.56 Å². The Morgan fingerprint density at radius 3 is 2.79 bits per heavy atom. The zero-order valence-electron chi connectivity index (χ0n) is 14.8. The van der Waals surface area contributed by atoms with E-state index in [1.165, 1.54) is 10.9 Å². The molecule has 3 heterocycles. The third kappa shape index (κ3) is 3.07. The Morgan fingerprint density at radius 2 is 1.97 bits per heavy atom. The van der Waals surface area contributed by atoms with Gasteiger partial charge in [0.25, 0.3) is 0 Å². The molecular weight excluding hydrogens is 394 g/mol. The van der Waals surface area contributed by atoms with Gasteiger partial charge >= 0.3 is 5.82 Å². The van der Waals surface area contributed by atoms with Crippen molar-refractivity contribution in [3.8, 4) is 11.4 Å². The third-order valence-corrected chi connectivity index (χ3v) is 4.75. The average molecular weight is 406 g/mol. The topological polar surface area (TPSA) is 104 Å². The molecule has 5 rings (SSSR count). The lowest BCUT2D eigenvalue weighted by Gasteiger charge is -2.01. The quantitative estimate of drug-likeness (QED) is 0.333. The number of rotatable bonds is 4. The molecule has 0 saturated carbocycles. The predicted molar refractivity (Wildman–Crippen MR) is 107 cm³/mol. The highest BCUT2D eigenvalue weighted by atomic mass is 35.5. The van der Waals surface area contributed by atoms with E-state index in [2.05, 4.69) is 20.2 Å². The van der Waals surface area contributed by atoms with E-state index < -0.39 is 4.92 Å². The molecule has 0 bridgehead atoms. The van der Waals surface area contributed by atoms with E-state index in [0.717, 1.165) is 27.7 Å². The van der Waals surface area contributed by atoms with Gasteiger partial charge in [0.2, 0.25) is 0 Å². The van der Waals surface area contributed by atoms with Crippen LogP contribution < -0.4 is 0 Å². The number of benzene rings is 2. The van der Waals surface area contributed by atoms with Crippen molar-refractivity contribution in [3.63, 3.8) is 0 Å². The molecule has 0 N–H and O–H groups in total. The first kappa shape index (κ1) is 17.3. The molecule has 0 unspecified atom stereocenters. The van der Waals surface area contributed by atoms with Gasteiger partial charge in [-0.3, -0.25) is 0 Å². The second kappa shape index (κ2) is 6.64. The lowest BCUT2D eigenvalue weighted by atomic mass is 10.1. The van der Waals surface area contributed by atoms with Gasteiger partial charge in [0.15, 0.2) is 16.5 Å². The van der Waals surface area contributed by atoms with Crippen LogP contribution in [0, 0.1) is 10.1 Å². The molecule has 0 aliphatic rings. The van der Waals surface area contributed by atoms with Gasteiger partial charge in [-0.05, 0) is 28.7 Å². The van der Waals surface area contributed by atoms with Gasteiger partial charge < -0.3 is 10.1 Å². The summed E-state index contributed by atoms with van der Waals surface area (Å²) in [6.07, 6.45) is 3.08. The van der Waals surface area contributed by atoms with Crippen LogP contribution in [0.4, 0.5) is 5.82 Å². The van der Waals surface area contributed by atoms with Gasteiger partial charge in [0, 0.05) is 10.9 Å². The fourth-order valence-corrected chi connectivity index (χ4v) is 3.41. The van der Waals surface area contributed by atoms with Crippen molar-refractivity contribution >= 4 is 34.0 Å². The molecule has 142 valence electrons. The van der Waals surface area contributed by atoms with E-state index in [1.807, 2.05) is 48.5 Å². The molecule has 0 fully saturated rings. The zero-order valence-corrected chi connectivity index (χ0v) is 15.6. The molecule has 0 spiro atoms. The Labute approximate surface area is 168 Å². The summed E-state index contributed by atoms with van der Waals surface area (Å²) in [5.41, 5.74) is 3.29. The number of hydrogen-bond acceptors (Lipinski definition) is 6. The largest absolute Gasteiger partial charge is 0.408 e. The number of halogens is 1. The molecule has 0 radical (unpaired) electrons. The van der Waals surface area contributed by atoms with E-state index in [1.54, 1.807) is 10.8 Å². The number of nitrogens with zero attached hydrogens (tertiary/aromatic N) is 7. The fraction of sp³-hybridized carbons (Fsp3) is 0.0526. The van der Waals surface area contributed by atoms with Gasteiger partial charge in [-0.15, -0.1) is 5.10 Å². The molecule has 0 atom stereocenters. The average Bonchev–Trinajstić information content (AvgIpc) is 3.32. The molecule has 29 heavy (non-hydrogen) atoms. The minimum Gasteiger partial charge on any atom is -0.358 e. The number of fused-ring (bicyclic) bond motifs is 3. The summed E-state index contributed by atoms with van der Waals surface area (Å²) >= 11 is 5.87. The maximum atomic E-state index is 10.9. The maximum Gasteiger partial charge on any atom is 0.408 e. The summed E-state index contributed by atoms with van der Waals surface area (Å²) in [5, 5.41) is 20.3. The van der Waals surface area contributed by atoms with Gasteiger partial charge in [-0.25, -0.2) is 14.5 Å². The van der Waals surface area contributed by atoms with E-state index in [0.29, 0.717) is 12.4 Å². The minimum atomic E-state index is -0.603. The first-order chi connectivity index (χ1) is 14.1. The molecule has 0 amide bonds. The molecule has 9 nitrogen and oxygen atoms in total. The Hall–Kier alpha value is -3.85. The highest BCUT2D eigenvalue weighted by Gasteiger charge is 2.19.